The molecule has 1 aromatic heterocycles. The number of nitro groups is 1. The van der Waals surface area contributed by atoms with Gasteiger partial charge in [-0.05, 0) is 40.8 Å². The molecule has 1 aliphatic rings. The molecule has 0 spiro atoms. The number of amidine groups is 1. The van der Waals surface area contributed by atoms with E-state index in [0.29, 0.717) is 18.9 Å². The van der Waals surface area contributed by atoms with Gasteiger partial charge in [0, 0.05) is 18.9 Å². The second-order valence-electron chi connectivity index (χ2n) is 5.51. The van der Waals surface area contributed by atoms with Crippen molar-refractivity contribution in [3.63, 3.8) is 0 Å². The van der Waals surface area contributed by atoms with E-state index in [1.54, 1.807) is 24.5 Å². The van der Waals surface area contributed by atoms with Gasteiger partial charge in [-0.1, -0.05) is 6.07 Å². The predicted molar refractivity (Wildman–Crippen MR) is 89.8 cm³/mol. The van der Waals surface area contributed by atoms with Crippen molar-refractivity contribution in [2.75, 3.05) is 18.2 Å². The number of rotatable bonds is 4. The predicted octanol–water partition coefficient (Wildman–Crippen LogP) is 1.65. The number of nitrogens with zero attached hydrogens (tertiary/aromatic N) is 5. The zero-order valence-electron chi connectivity index (χ0n) is 13.1. The molecule has 0 bridgehead atoms. The van der Waals surface area contributed by atoms with Gasteiger partial charge in [-0.3, -0.25) is 9.88 Å². The summed E-state index contributed by atoms with van der Waals surface area (Å²) in [6.45, 7) is 0.953. The molecule has 9 heteroatoms. The molecule has 0 aliphatic carbocycles. The van der Waals surface area contributed by atoms with Crippen LogP contribution in [0.1, 0.15) is 15.9 Å². The topological polar surface area (TPSA) is 112 Å². The van der Waals surface area contributed by atoms with Crippen molar-refractivity contribution >= 4 is 17.5 Å². The maximum atomic E-state index is 11.2. The average Bonchev–Trinajstić information content (AvgIpc) is 2.62. The molecule has 1 aliphatic heterocycles. The number of pyridine rings is 1. The summed E-state index contributed by atoms with van der Waals surface area (Å²) in [5.74, 6) is -1.20. The first-order valence-corrected chi connectivity index (χ1v) is 7.47. The van der Waals surface area contributed by atoms with Crippen LogP contribution in [0.15, 0.2) is 53.9 Å². The molecule has 0 amide bonds. The lowest BCUT2D eigenvalue weighted by molar-refractivity contribution is -0.354. The van der Waals surface area contributed by atoms with E-state index in [4.69, 9.17) is 5.11 Å². The van der Waals surface area contributed by atoms with E-state index >= 15 is 0 Å². The summed E-state index contributed by atoms with van der Waals surface area (Å²) in [7, 11) is 0. The van der Waals surface area contributed by atoms with Crippen LogP contribution in [0.4, 0.5) is 5.69 Å². The second kappa shape index (κ2) is 7.05. The van der Waals surface area contributed by atoms with Crippen molar-refractivity contribution in [2.24, 2.45) is 5.10 Å². The number of anilines is 1. The smallest absolute Gasteiger partial charge is 0.378 e. The molecule has 128 valence electrons. The maximum Gasteiger partial charge on any atom is 0.378 e. The number of benzene rings is 1. The zero-order valence-corrected chi connectivity index (χ0v) is 13.1. The van der Waals surface area contributed by atoms with Gasteiger partial charge in [0.25, 0.3) is 0 Å². The molecule has 9 nitrogen and oxygen atoms in total. The van der Waals surface area contributed by atoms with E-state index < -0.39 is 10.9 Å². The van der Waals surface area contributed by atoms with Crippen LogP contribution in [0.3, 0.4) is 0 Å². The summed E-state index contributed by atoms with van der Waals surface area (Å²) in [4.78, 5) is 27.6. The molecular weight excluding hydrogens is 326 g/mol. The van der Waals surface area contributed by atoms with Crippen molar-refractivity contribution in [2.45, 2.75) is 6.54 Å². The Hall–Kier alpha value is -3.33. The zero-order chi connectivity index (χ0) is 17.8. The van der Waals surface area contributed by atoms with Crippen LogP contribution in [0.2, 0.25) is 0 Å². The van der Waals surface area contributed by atoms with Crippen molar-refractivity contribution < 1.29 is 14.8 Å². The van der Waals surface area contributed by atoms with E-state index in [9.17, 15) is 14.9 Å². The largest absolute Gasteiger partial charge is 0.478 e. The molecule has 0 fully saturated rings. The maximum absolute atomic E-state index is 11.2. The molecular formula is C16H15N5O4. The minimum absolute atomic E-state index is 0.117. The molecule has 0 saturated heterocycles. The minimum atomic E-state index is -1.03. The third-order valence-electron chi connectivity index (χ3n) is 3.69. The number of hydrazone groups is 1. The highest BCUT2D eigenvalue weighted by molar-refractivity contribution is 5.88. The SMILES string of the molecule is O=C(O)c1ccc(N2CN(Cc3cccnc3)CC([N+](=O)[O-])=N2)cc1. The van der Waals surface area contributed by atoms with Crippen molar-refractivity contribution in [1.29, 1.82) is 0 Å². The first-order chi connectivity index (χ1) is 12.0. The number of carboxylic acid groups (broad SMARTS) is 1. The van der Waals surface area contributed by atoms with Crippen LogP contribution < -0.4 is 5.01 Å². The molecule has 0 atom stereocenters. The number of hydrogen-bond acceptors (Lipinski definition) is 7. The number of carbonyl (C=O) groups is 1. The van der Waals surface area contributed by atoms with Crippen LogP contribution in [-0.2, 0) is 6.54 Å². The fraction of sp³-hybridized carbons (Fsp3) is 0.188. The lowest BCUT2D eigenvalue weighted by atomic mass is 10.2. The lowest BCUT2D eigenvalue weighted by Gasteiger charge is -2.28. The van der Waals surface area contributed by atoms with Crippen LogP contribution >= 0.6 is 0 Å². The third-order valence-corrected chi connectivity index (χ3v) is 3.69. The van der Waals surface area contributed by atoms with Crippen LogP contribution in [-0.4, -0.2) is 44.9 Å². The summed E-state index contributed by atoms with van der Waals surface area (Å²) in [5.41, 5.74) is 1.67. The van der Waals surface area contributed by atoms with Crippen LogP contribution in [0.25, 0.3) is 0 Å². The Bertz CT molecular complexity index is 807. The van der Waals surface area contributed by atoms with Gasteiger partial charge >= 0.3 is 11.8 Å². The van der Waals surface area contributed by atoms with Crippen molar-refractivity contribution in [1.82, 2.24) is 9.88 Å². The number of hydrogen-bond donors (Lipinski definition) is 1. The normalized spacial score (nSPS) is 14.9. The van der Waals surface area contributed by atoms with Crippen molar-refractivity contribution in [3.05, 3.63) is 70.0 Å². The van der Waals surface area contributed by atoms with Gasteiger partial charge in [-0.2, -0.15) is 5.01 Å². The van der Waals surface area contributed by atoms with Gasteiger partial charge in [0.05, 0.1) is 16.4 Å². The average molecular weight is 341 g/mol. The van der Waals surface area contributed by atoms with Crippen LogP contribution in [0.5, 0.6) is 0 Å². The number of carboxylic acids is 1. The van der Waals surface area contributed by atoms with Gasteiger partial charge in [-0.15, -0.1) is 0 Å². The monoisotopic (exact) mass is 341 g/mol. The van der Waals surface area contributed by atoms with Crippen LogP contribution in [0, 0.1) is 10.1 Å². The van der Waals surface area contributed by atoms with Gasteiger partial charge in [0.2, 0.25) is 0 Å². The van der Waals surface area contributed by atoms with E-state index in [0.717, 1.165) is 5.56 Å². The summed E-state index contributed by atoms with van der Waals surface area (Å²) < 4.78 is 0. The highest BCUT2D eigenvalue weighted by Gasteiger charge is 2.29. The molecule has 25 heavy (non-hydrogen) atoms. The molecule has 2 heterocycles. The Kier molecular flexibility index (Phi) is 4.66. The van der Waals surface area contributed by atoms with Gasteiger partial charge < -0.3 is 15.2 Å². The van der Waals surface area contributed by atoms with Crippen molar-refractivity contribution in [3.8, 4) is 0 Å². The Balaban J connectivity index is 1.83. The Morgan fingerprint density at radius 1 is 1.28 bits per heavy atom. The highest BCUT2D eigenvalue weighted by atomic mass is 16.6. The molecule has 2 aromatic rings. The minimum Gasteiger partial charge on any atom is -0.478 e. The molecule has 1 N–H and O–H groups in total. The number of aromatic carboxylic acids is 1. The fourth-order valence-electron chi connectivity index (χ4n) is 2.51. The Morgan fingerprint density at radius 3 is 2.64 bits per heavy atom. The summed E-state index contributed by atoms with van der Waals surface area (Å²) in [5, 5.41) is 25.7. The third kappa shape index (κ3) is 3.96. The van der Waals surface area contributed by atoms with E-state index in [1.165, 1.54) is 17.1 Å². The lowest BCUT2D eigenvalue weighted by Crippen LogP contribution is -2.45. The Morgan fingerprint density at radius 2 is 2.04 bits per heavy atom. The first-order valence-electron chi connectivity index (χ1n) is 7.47. The fourth-order valence-corrected chi connectivity index (χ4v) is 2.51. The standard InChI is InChI=1S/C16H15N5O4/c22-16(23)13-3-5-14(6-4-13)20-11-19(10-15(18-20)21(24)25)9-12-2-1-7-17-8-12/h1-8H,9-11H2,(H,22,23). The molecule has 0 radical (unpaired) electrons. The Labute approximate surface area is 143 Å². The van der Waals surface area contributed by atoms with Gasteiger partial charge in [-0.25, -0.2) is 4.79 Å². The van der Waals surface area contributed by atoms with Gasteiger partial charge in [0.1, 0.15) is 13.2 Å². The summed E-state index contributed by atoms with van der Waals surface area (Å²) >= 11 is 0. The highest BCUT2D eigenvalue weighted by Crippen LogP contribution is 2.20. The molecule has 0 saturated carbocycles. The summed E-state index contributed by atoms with van der Waals surface area (Å²) in [6, 6.07) is 9.76. The molecule has 3 rings (SSSR count). The van der Waals surface area contributed by atoms with E-state index in [-0.39, 0.29) is 17.9 Å². The quantitative estimate of drug-likeness (QED) is 0.664. The van der Waals surface area contributed by atoms with E-state index in [1.807, 2.05) is 17.0 Å². The van der Waals surface area contributed by atoms with Gasteiger partial charge in [0.15, 0.2) is 0 Å². The van der Waals surface area contributed by atoms with E-state index in [2.05, 4.69) is 10.1 Å². The molecule has 0 unspecified atom stereocenters. The second-order valence-corrected chi connectivity index (χ2v) is 5.51. The first kappa shape index (κ1) is 16.5. The summed E-state index contributed by atoms with van der Waals surface area (Å²) in [6.07, 6.45) is 3.38. The number of aromatic nitrogens is 1. The molecule has 1 aromatic carbocycles.